The van der Waals surface area contributed by atoms with Crippen molar-refractivity contribution in [2.75, 3.05) is 0 Å². The summed E-state index contributed by atoms with van der Waals surface area (Å²) in [5.41, 5.74) is 0.262. The lowest BCUT2D eigenvalue weighted by Crippen LogP contribution is -1.62. The van der Waals surface area contributed by atoms with E-state index in [1.54, 1.807) is 0 Å². The first-order chi connectivity index (χ1) is 6.95. The van der Waals surface area contributed by atoms with Crippen LogP contribution in [-0.4, -0.2) is 4.98 Å². The van der Waals surface area contributed by atoms with Crippen molar-refractivity contribution in [3.05, 3.63) is 34.8 Å². The van der Waals surface area contributed by atoms with Crippen molar-refractivity contribution < 1.29 is 6.85 Å². The molecule has 0 amide bonds. The van der Waals surface area contributed by atoms with E-state index in [1.165, 1.54) is 0 Å². The van der Waals surface area contributed by atoms with Gasteiger partial charge in [-0.2, -0.15) is 0 Å². The minimum atomic E-state index is -0.291. The van der Waals surface area contributed by atoms with Crippen LogP contribution in [0.25, 0.3) is 10.9 Å². The molecule has 1 aromatic heterocycles. The van der Waals surface area contributed by atoms with Crippen LogP contribution in [0.4, 0.5) is 0 Å². The Morgan fingerprint density at radius 3 is 3.10 bits per heavy atom. The molecule has 2 aromatic rings. The van der Waals surface area contributed by atoms with Crippen molar-refractivity contribution in [1.82, 2.24) is 4.98 Å². The molecule has 10 heavy (non-hydrogen) atoms. The lowest BCUT2D eigenvalue weighted by molar-refractivity contribution is 1.47. The molecule has 1 nitrogen and oxygen atoms in total. The van der Waals surface area contributed by atoms with Gasteiger partial charge in [-0.3, -0.25) is 0 Å². The van der Waals surface area contributed by atoms with Crippen molar-refractivity contribution in [1.29, 1.82) is 0 Å². The average Bonchev–Trinajstić information content (AvgIpc) is 2.50. The van der Waals surface area contributed by atoms with Gasteiger partial charge in [0.2, 0.25) is 0 Å². The Morgan fingerprint density at radius 2 is 2.20 bits per heavy atom. The minimum Gasteiger partial charge on any atom is -0.360 e. The van der Waals surface area contributed by atoms with Gasteiger partial charge in [0, 0.05) is 21.5 Å². The van der Waals surface area contributed by atoms with E-state index >= 15 is 0 Å². The summed E-state index contributed by atoms with van der Waals surface area (Å²) in [4.78, 5) is 2.61. The van der Waals surface area contributed by atoms with Crippen LogP contribution in [0, 0.1) is 0 Å². The number of hydrogen-bond acceptors (Lipinski definition) is 0. The van der Waals surface area contributed by atoms with Crippen LogP contribution < -0.4 is 0 Å². The number of benzene rings is 1. The number of para-hydroxylation sites is 1. The van der Waals surface area contributed by atoms with Crippen LogP contribution >= 0.6 is 15.9 Å². The summed E-state index contributed by atoms with van der Waals surface area (Å²) in [5, 5.41) is 0.325. The highest BCUT2D eigenvalue weighted by Crippen LogP contribution is 2.22. The third-order valence-corrected chi connectivity index (χ3v) is 1.80. The van der Waals surface area contributed by atoms with E-state index in [-0.39, 0.29) is 35.9 Å². The summed E-state index contributed by atoms with van der Waals surface area (Å²) in [6, 6.07) is -0.855. The van der Waals surface area contributed by atoms with Gasteiger partial charge < -0.3 is 4.98 Å². The number of aromatic amines is 1. The first-order valence-corrected chi connectivity index (χ1v) is 3.48. The maximum absolute atomic E-state index is 7.66. The Hall–Kier alpha value is -0.760. The molecule has 0 atom stereocenters. The van der Waals surface area contributed by atoms with Crippen molar-refractivity contribution in [3.8, 4) is 0 Å². The lowest BCUT2D eigenvalue weighted by Gasteiger charge is -1.85. The van der Waals surface area contributed by atoms with E-state index in [4.69, 9.17) is 6.85 Å². The summed E-state index contributed by atoms with van der Waals surface area (Å²) in [7, 11) is 0. The van der Waals surface area contributed by atoms with Crippen LogP contribution in [-0.2, 0) is 0 Å². The number of nitrogens with one attached hydrogen (secondary N) is 1. The number of halogens is 1. The van der Waals surface area contributed by atoms with Crippen LogP contribution in [0.5, 0.6) is 0 Å². The molecule has 1 N–H and O–H groups in total. The molecule has 0 aliphatic carbocycles. The number of fused-ring (bicyclic) bond motifs is 1. The van der Waals surface area contributed by atoms with Gasteiger partial charge in [-0.15, -0.1) is 0 Å². The molecule has 2 rings (SSSR count). The topological polar surface area (TPSA) is 15.8 Å². The number of hydrogen-bond donors (Lipinski definition) is 1. The van der Waals surface area contributed by atoms with E-state index in [1.807, 2.05) is 0 Å². The van der Waals surface area contributed by atoms with E-state index in [0.717, 1.165) is 0 Å². The Balaban J connectivity index is 3.07. The molecule has 1 aromatic carbocycles. The largest absolute Gasteiger partial charge is 0.360 e. The molecule has 0 aliphatic heterocycles. The van der Waals surface area contributed by atoms with Gasteiger partial charge in [0.25, 0.3) is 0 Å². The van der Waals surface area contributed by atoms with Crippen molar-refractivity contribution in [3.63, 3.8) is 0 Å². The molecule has 0 spiro atoms. The van der Waals surface area contributed by atoms with Crippen molar-refractivity contribution in [2.45, 2.75) is 0 Å². The molecule has 0 saturated carbocycles. The second-order valence-corrected chi connectivity index (χ2v) is 2.61. The Morgan fingerprint density at radius 1 is 1.40 bits per heavy atom. The smallest absolute Gasteiger partial charge is 0.0828 e. The highest BCUT2D eigenvalue weighted by Gasteiger charge is 1.96. The predicted octanol–water partition coefficient (Wildman–Crippen LogP) is 2.93. The average molecular weight is 201 g/mol. The molecular formula is C8H6BrN. The summed E-state index contributed by atoms with van der Waals surface area (Å²) in [6.07, 6.45) is 0.0528. The molecule has 0 aliphatic rings. The predicted molar refractivity (Wildman–Crippen MR) is 46.0 cm³/mol. The number of rotatable bonds is 0. The molecular weight excluding hydrogens is 190 g/mol. The summed E-state index contributed by atoms with van der Waals surface area (Å²) >= 11 is 3.13. The van der Waals surface area contributed by atoms with Gasteiger partial charge in [0.1, 0.15) is 0 Å². The molecule has 0 unspecified atom stereocenters. The fourth-order valence-corrected chi connectivity index (χ4v) is 1.15. The van der Waals surface area contributed by atoms with Gasteiger partial charge in [-0.25, -0.2) is 0 Å². The molecule has 0 bridgehead atoms. The van der Waals surface area contributed by atoms with Gasteiger partial charge >= 0.3 is 0 Å². The van der Waals surface area contributed by atoms with Gasteiger partial charge in [0.05, 0.1) is 6.85 Å². The third-order valence-electron chi connectivity index (χ3n) is 1.20. The maximum Gasteiger partial charge on any atom is 0.0828 e. The zero-order valence-electron chi connectivity index (χ0n) is 9.88. The van der Waals surface area contributed by atoms with Crippen LogP contribution in [0.3, 0.4) is 0 Å². The zero-order valence-corrected chi connectivity index (χ0v) is 6.46. The summed E-state index contributed by atoms with van der Waals surface area (Å²) in [6.45, 7) is 0. The zero-order chi connectivity index (χ0) is 11.3. The van der Waals surface area contributed by atoms with E-state index in [9.17, 15) is 0 Å². The molecule has 1 heterocycles. The number of H-pyrrole nitrogens is 1. The van der Waals surface area contributed by atoms with E-state index in [2.05, 4.69) is 20.9 Å². The first kappa shape index (κ1) is 2.70. The van der Waals surface area contributed by atoms with Crippen molar-refractivity contribution in [2.24, 2.45) is 0 Å². The molecule has 2 heteroatoms. The Labute approximate surface area is 74.2 Å². The first-order valence-electron chi connectivity index (χ1n) is 5.19. The fraction of sp³-hybridized carbons (Fsp3) is 0. The Bertz CT molecular complexity index is 562. The Kier molecular flexibility index (Phi) is 0.575. The highest BCUT2D eigenvalue weighted by atomic mass is 79.9. The molecule has 50 valence electrons. The molecule has 0 radical (unpaired) electrons. The molecule has 0 saturated heterocycles. The second-order valence-electron chi connectivity index (χ2n) is 1.81. The van der Waals surface area contributed by atoms with Crippen molar-refractivity contribution >= 4 is 26.8 Å². The lowest BCUT2D eigenvalue weighted by atomic mass is 10.3. The highest BCUT2D eigenvalue weighted by molar-refractivity contribution is 9.10. The quantitative estimate of drug-likeness (QED) is 0.674. The van der Waals surface area contributed by atoms with Crippen LogP contribution in [0.2, 0.25) is 0 Å². The standard InChI is InChI=1S/C8H6BrN/c9-7-5-10-8-4-2-1-3-6(7)8/h1-5,10H/i1D,2D,3D,4D,5D. The summed E-state index contributed by atoms with van der Waals surface area (Å²) < 4.78 is 38.1. The van der Waals surface area contributed by atoms with Gasteiger partial charge in [-0.05, 0) is 22.0 Å². The van der Waals surface area contributed by atoms with Gasteiger partial charge in [-0.1, -0.05) is 18.1 Å². The fourth-order valence-electron chi connectivity index (χ4n) is 0.751. The van der Waals surface area contributed by atoms with Crippen LogP contribution in [0.1, 0.15) is 6.85 Å². The minimum absolute atomic E-state index is 0.0528. The second kappa shape index (κ2) is 2.13. The third kappa shape index (κ3) is 0.762. The summed E-state index contributed by atoms with van der Waals surface area (Å²) in [5.74, 6) is 0. The van der Waals surface area contributed by atoms with E-state index < -0.39 is 0 Å². The normalized spacial score (nSPS) is 17.5. The molecule has 0 fully saturated rings. The van der Waals surface area contributed by atoms with E-state index in [0.29, 0.717) is 9.86 Å². The number of aromatic nitrogens is 1. The van der Waals surface area contributed by atoms with Gasteiger partial charge in [0.15, 0.2) is 0 Å². The monoisotopic (exact) mass is 200 g/mol. The van der Waals surface area contributed by atoms with Crippen LogP contribution in [0.15, 0.2) is 34.8 Å². The maximum atomic E-state index is 7.66. The SMILES string of the molecule is [2H]c1[nH]c2c([2H])c([2H])c([2H])c([2H])c2c1Br.